The summed E-state index contributed by atoms with van der Waals surface area (Å²) in [5.41, 5.74) is 0.788. The van der Waals surface area contributed by atoms with Crippen LogP contribution in [0.15, 0.2) is 10.5 Å². The van der Waals surface area contributed by atoms with Gasteiger partial charge in [0.1, 0.15) is 5.76 Å². The topological polar surface area (TPSA) is 67.6 Å². The average molecular weight is 313 g/mol. The predicted octanol–water partition coefficient (Wildman–Crippen LogP) is 2.32. The molecule has 0 N–H and O–H groups in total. The molecular weight excluding hydrogens is 290 g/mol. The summed E-state index contributed by atoms with van der Waals surface area (Å²) in [7, 11) is -1.49. The van der Waals surface area contributed by atoms with Crippen molar-refractivity contribution >= 4 is 15.7 Å². The molecule has 21 heavy (non-hydrogen) atoms. The number of furan rings is 1. The molecular formula is C15H23NO4S. The van der Waals surface area contributed by atoms with Crippen molar-refractivity contribution in [1.82, 2.24) is 4.90 Å². The van der Waals surface area contributed by atoms with Crippen molar-refractivity contribution in [3.05, 3.63) is 23.2 Å². The summed E-state index contributed by atoms with van der Waals surface area (Å²) in [5, 5.41) is -0.475. The molecule has 1 saturated carbocycles. The first kappa shape index (κ1) is 16.1. The van der Waals surface area contributed by atoms with Gasteiger partial charge in [0.15, 0.2) is 15.6 Å². The summed E-state index contributed by atoms with van der Waals surface area (Å²) < 4.78 is 29.4. The quantitative estimate of drug-likeness (QED) is 0.859. The molecule has 0 bridgehead atoms. The van der Waals surface area contributed by atoms with Gasteiger partial charge in [-0.25, -0.2) is 8.42 Å². The molecule has 1 aromatic rings. The molecule has 1 fully saturated rings. The van der Waals surface area contributed by atoms with E-state index >= 15 is 0 Å². The summed E-state index contributed by atoms with van der Waals surface area (Å²) in [5.74, 6) is 0.765. The molecule has 2 unspecified atom stereocenters. The molecule has 118 valence electrons. The maximum absolute atomic E-state index is 12.6. The number of aryl methyl sites for hydroxylation is 2. The number of hydrogen-bond donors (Lipinski definition) is 0. The lowest BCUT2D eigenvalue weighted by Crippen LogP contribution is -2.49. The van der Waals surface area contributed by atoms with Gasteiger partial charge in [-0.15, -0.1) is 0 Å². The Bertz CT molecular complexity index is 632. The Morgan fingerprint density at radius 2 is 1.90 bits per heavy atom. The molecule has 1 aromatic heterocycles. The first-order chi connectivity index (χ1) is 9.71. The highest BCUT2D eigenvalue weighted by Gasteiger charge is 2.38. The van der Waals surface area contributed by atoms with Crippen LogP contribution in [-0.2, 0) is 9.84 Å². The lowest BCUT2D eigenvalue weighted by atomic mass is 9.93. The van der Waals surface area contributed by atoms with E-state index < -0.39 is 15.1 Å². The highest BCUT2D eigenvalue weighted by molar-refractivity contribution is 7.91. The second-order valence-electron chi connectivity index (χ2n) is 6.01. The van der Waals surface area contributed by atoms with E-state index in [1.807, 2.05) is 13.0 Å². The third kappa shape index (κ3) is 3.31. The number of sulfone groups is 1. The zero-order valence-electron chi connectivity index (χ0n) is 13.0. The standard InChI is InChI=1S/C15H23NO4S/c1-10-9-11(2)20-14(10)15(17)16(3)12-7-5-6-8-13(12)21(4,18)19/h9,12-13H,5-8H2,1-4H3. The Labute approximate surface area is 126 Å². The molecule has 1 aliphatic rings. The first-order valence-electron chi connectivity index (χ1n) is 7.25. The SMILES string of the molecule is Cc1cc(C)c(C(=O)N(C)C2CCCCC2S(C)(=O)=O)o1. The van der Waals surface area contributed by atoms with Crippen LogP contribution in [0.5, 0.6) is 0 Å². The third-order valence-corrected chi connectivity index (χ3v) is 5.92. The summed E-state index contributed by atoms with van der Waals surface area (Å²) >= 11 is 0. The molecule has 2 atom stereocenters. The molecule has 1 aliphatic carbocycles. The largest absolute Gasteiger partial charge is 0.456 e. The molecule has 0 aromatic carbocycles. The molecule has 1 heterocycles. The minimum Gasteiger partial charge on any atom is -0.456 e. The fourth-order valence-electron chi connectivity index (χ4n) is 3.18. The van der Waals surface area contributed by atoms with Crippen LogP contribution in [0.3, 0.4) is 0 Å². The Kier molecular flexibility index (Phi) is 4.46. The van der Waals surface area contributed by atoms with E-state index in [0.717, 1.165) is 24.8 Å². The van der Waals surface area contributed by atoms with Crippen LogP contribution in [0.1, 0.15) is 47.6 Å². The van der Waals surface area contributed by atoms with Crippen LogP contribution in [0.25, 0.3) is 0 Å². The number of hydrogen-bond acceptors (Lipinski definition) is 4. The van der Waals surface area contributed by atoms with Crippen molar-refractivity contribution in [3.8, 4) is 0 Å². The average Bonchev–Trinajstić information content (AvgIpc) is 2.75. The van der Waals surface area contributed by atoms with E-state index in [-0.39, 0.29) is 11.9 Å². The lowest BCUT2D eigenvalue weighted by Gasteiger charge is -2.36. The van der Waals surface area contributed by atoms with E-state index in [1.54, 1.807) is 18.9 Å². The number of carbonyl (C=O) groups is 1. The number of nitrogens with zero attached hydrogens (tertiary/aromatic N) is 1. The van der Waals surface area contributed by atoms with Crippen molar-refractivity contribution in [2.75, 3.05) is 13.3 Å². The Morgan fingerprint density at radius 1 is 1.29 bits per heavy atom. The Morgan fingerprint density at radius 3 is 2.43 bits per heavy atom. The van der Waals surface area contributed by atoms with Gasteiger partial charge in [0.05, 0.1) is 5.25 Å². The van der Waals surface area contributed by atoms with Gasteiger partial charge < -0.3 is 9.32 Å². The van der Waals surface area contributed by atoms with Crippen molar-refractivity contribution in [3.63, 3.8) is 0 Å². The molecule has 6 heteroatoms. The van der Waals surface area contributed by atoms with E-state index in [1.165, 1.54) is 6.26 Å². The van der Waals surface area contributed by atoms with Crippen molar-refractivity contribution in [1.29, 1.82) is 0 Å². The van der Waals surface area contributed by atoms with Gasteiger partial charge in [0.25, 0.3) is 5.91 Å². The van der Waals surface area contributed by atoms with Crippen LogP contribution in [-0.4, -0.2) is 43.8 Å². The van der Waals surface area contributed by atoms with Crippen LogP contribution in [0.4, 0.5) is 0 Å². The predicted molar refractivity (Wildman–Crippen MR) is 81.2 cm³/mol. The second kappa shape index (κ2) is 5.83. The Balaban J connectivity index is 2.27. The molecule has 5 nitrogen and oxygen atoms in total. The van der Waals surface area contributed by atoms with E-state index in [2.05, 4.69) is 0 Å². The maximum atomic E-state index is 12.6. The van der Waals surface area contributed by atoms with E-state index in [4.69, 9.17) is 4.42 Å². The van der Waals surface area contributed by atoms with Gasteiger partial charge in [-0.05, 0) is 32.8 Å². The van der Waals surface area contributed by atoms with Crippen LogP contribution >= 0.6 is 0 Å². The molecule has 2 rings (SSSR count). The van der Waals surface area contributed by atoms with Crippen molar-refractivity contribution in [2.45, 2.75) is 50.8 Å². The molecule has 0 radical (unpaired) electrons. The molecule has 0 saturated heterocycles. The first-order valence-corrected chi connectivity index (χ1v) is 9.20. The van der Waals surface area contributed by atoms with Crippen LogP contribution in [0, 0.1) is 13.8 Å². The summed E-state index contributed by atoms with van der Waals surface area (Å²) in [6.45, 7) is 3.62. The zero-order valence-corrected chi connectivity index (χ0v) is 13.9. The minimum absolute atomic E-state index is 0.235. The van der Waals surface area contributed by atoms with Gasteiger partial charge >= 0.3 is 0 Å². The van der Waals surface area contributed by atoms with Gasteiger partial charge in [-0.3, -0.25) is 4.79 Å². The van der Waals surface area contributed by atoms with E-state index in [0.29, 0.717) is 17.9 Å². The van der Waals surface area contributed by atoms with Crippen molar-refractivity contribution in [2.24, 2.45) is 0 Å². The normalized spacial score (nSPS) is 23.0. The zero-order chi connectivity index (χ0) is 15.8. The number of amides is 1. The maximum Gasteiger partial charge on any atom is 0.289 e. The summed E-state index contributed by atoms with van der Waals surface area (Å²) in [6, 6.07) is 1.54. The minimum atomic E-state index is -3.17. The van der Waals surface area contributed by atoms with Gasteiger partial charge in [0, 0.05) is 24.9 Å². The van der Waals surface area contributed by atoms with Crippen molar-refractivity contribution < 1.29 is 17.6 Å². The lowest BCUT2D eigenvalue weighted by molar-refractivity contribution is 0.0666. The van der Waals surface area contributed by atoms with Gasteiger partial charge in [-0.2, -0.15) is 0 Å². The van der Waals surface area contributed by atoms with E-state index in [9.17, 15) is 13.2 Å². The van der Waals surface area contributed by atoms with Gasteiger partial charge in [-0.1, -0.05) is 12.8 Å². The smallest absolute Gasteiger partial charge is 0.289 e. The summed E-state index contributed by atoms with van der Waals surface area (Å²) in [6.07, 6.45) is 4.45. The fourth-order valence-corrected chi connectivity index (χ4v) is 4.67. The monoisotopic (exact) mass is 313 g/mol. The van der Waals surface area contributed by atoms with Gasteiger partial charge in [0.2, 0.25) is 0 Å². The highest BCUT2D eigenvalue weighted by atomic mass is 32.2. The number of carbonyl (C=O) groups excluding carboxylic acids is 1. The molecule has 0 aliphatic heterocycles. The Hall–Kier alpha value is -1.30. The second-order valence-corrected chi connectivity index (χ2v) is 8.27. The highest BCUT2D eigenvalue weighted by Crippen LogP contribution is 2.29. The fraction of sp³-hybridized carbons (Fsp3) is 0.667. The van der Waals surface area contributed by atoms with Crippen LogP contribution < -0.4 is 0 Å². The molecule has 1 amide bonds. The van der Waals surface area contributed by atoms with Crippen LogP contribution in [0.2, 0.25) is 0 Å². The molecule has 0 spiro atoms. The number of rotatable bonds is 3. The third-order valence-electron chi connectivity index (χ3n) is 4.27. The summed E-state index contributed by atoms with van der Waals surface area (Å²) in [4.78, 5) is 14.1.